The van der Waals surface area contributed by atoms with Gasteiger partial charge in [0.2, 0.25) is 5.91 Å². The fourth-order valence-electron chi connectivity index (χ4n) is 3.03. The van der Waals surface area contributed by atoms with Crippen molar-refractivity contribution in [2.75, 3.05) is 11.9 Å². The normalized spacial score (nSPS) is 19.1. The van der Waals surface area contributed by atoms with E-state index in [2.05, 4.69) is 15.5 Å². The molecular weight excluding hydrogens is 384 g/mol. The number of aliphatic hydroxyl groups excluding tert-OH is 1. The maximum Gasteiger partial charge on any atom is 0.411 e. The Kier molecular flexibility index (Phi) is 6.47. The molecule has 1 heterocycles. The number of anilines is 1. The number of nitrogens with one attached hydrogen (secondary N) is 1. The third-order valence-corrected chi connectivity index (χ3v) is 4.38. The second kappa shape index (κ2) is 9.04. The van der Waals surface area contributed by atoms with Gasteiger partial charge >= 0.3 is 6.09 Å². The zero-order valence-electron chi connectivity index (χ0n) is 17.3. The van der Waals surface area contributed by atoms with Crippen LogP contribution in [-0.2, 0) is 9.53 Å². The van der Waals surface area contributed by atoms with Crippen LogP contribution in [0.2, 0.25) is 0 Å². The van der Waals surface area contributed by atoms with Gasteiger partial charge in [0.25, 0.3) is 0 Å². The van der Waals surface area contributed by atoms with Crippen LogP contribution in [0.15, 0.2) is 64.8 Å². The Morgan fingerprint density at radius 2 is 1.63 bits per heavy atom. The largest absolute Gasteiger partial charge is 0.444 e. The number of amides is 2. The monoisotopic (exact) mass is 410 g/mol. The van der Waals surface area contributed by atoms with E-state index >= 15 is 0 Å². The van der Waals surface area contributed by atoms with Gasteiger partial charge in [0.1, 0.15) is 11.6 Å². The van der Waals surface area contributed by atoms with E-state index in [9.17, 15) is 14.7 Å². The van der Waals surface area contributed by atoms with E-state index in [1.165, 1.54) is 4.90 Å². The molecule has 158 valence electrons. The third-order valence-electron chi connectivity index (χ3n) is 4.38. The molecule has 1 aliphatic rings. The summed E-state index contributed by atoms with van der Waals surface area (Å²) in [5.74, 6) is -0.379. The minimum atomic E-state index is -0.799. The van der Waals surface area contributed by atoms with Crippen molar-refractivity contribution >= 4 is 29.1 Å². The Hall–Kier alpha value is -3.26. The van der Waals surface area contributed by atoms with Crippen molar-refractivity contribution in [3.63, 3.8) is 0 Å². The van der Waals surface area contributed by atoms with Gasteiger partial charge in [-0.15, -0.1) is 0 Å². The zero-order valence-corrected chi connectivity index (χ0v) is 17.3. The predicted molar refractivity (Wildman–Crippen MR) is 113 cm³/mol. The van der Waals surface area contributed by atoms with Crippen LogP contribution in [0.3, 0.4) is 0 Å². The summed E-state index contributed by atoms with van der Waals surface area (Å²) in [6.45, 7) is 5.32. The third kappa shape index (κ3) is 5.87. The van der Waals surface area contributed by atoms with Gasteiger partial charge in [0.15, 0.2) is 0 Å². The molecule has 1 saturated heterocycles. The van der Waals surface area contributed by atoms with Gasteiger partial charge < -0.3 is 15.2 Å². The fourth-order valence-corrected chi connectivity index (χ4v) is 3.03. The van der Waals surface area contributed by atoms with E-state index in [1.807, 2.05) is 30.3 Å². The Morgan fingerprint density at radius 3 is 2.23 bits per heavy atom. The lowest BCUT2D eigenvalue weighted by Crippen LogP contribution is -2.45. The molecular formula is C22H26N4O4. The highest BCUT2D eigenvalue weighted by atomic mass is 16.6. The molecule has 1 fully saturated rings. The van der Waals surface area contributed by atoms with Crippen LogP contribution in [0.5, 0.6) is 0 Å². The van der Waals surface area contributed by atoms with Crippen LogP contribution >= 0.6 is 0 Å². The van der Waals surface area contributed by atoms with Gasteiger partial charge in [-0.25, -0.2) is 4.79 Å². The minimum absolute atomic E-state index is 0.0613. The number of benzene rings is 2. The molecule has 2 aromatic rings. The summed E-state index contributed by atoms with van der Waals surface area (Å²) in [5.41, 5.74) is 1.26. The number of carbonyl (C=O) groups is 2. The van der Waals surface area contributed by atoms with Crippen LogP contribution in [0.4, 0.5) is 21.9 Å². The van der Waals surface area contributed by atoms with Gasteiger partial charge in [-0.2, -0.15) is 10.2 Å². The average molecular weight is 410 g/mol. The van der Waals surface area contributed by atoms with Crippen molar-refractivity contribution in [3.05, 3.63) is 54.6 Å². The van der Waals surface area contributed by atoms with Crippen molar-refractivity contribution in [1.82, 2.24) is 4.90 Å². The first kappa shape index (κ1) is 21.4. The smallest absolute Gasteiger partial charge is 0.411 e. The number of carbonyl (C=O) groups excluding carboxylic acids is 2. The predicted octanol–water partition coefficient (Wildman–Crippen LogP) is 4.41. The maximum atomic E-state index is 12.7. The molecule has 8 nitrogen and oxygen atoms in total. The Bertz CT molecular complexity index is 907. The molecule has 1 aliphatic heterocycles. The highest BCUT2D eigenvalue weighted by Crippen LogP contribution is 2.24. The van der Waals surface area contributed by atoms with Gasteiger partial charge in [0, 0.05) is 12.1 Å². The number of azo groups is 1. The molecule has 2 aromatic carbocycles. The van der Waals surface area contributed by atoms with Crippen LogP contribution in [0, 0.1) is 0 Å². The summed E-state index contributed by atoms with van der Waals surface area (Å²) in [5, 5.41) is 21.1. The van der Waals surface area contributed by atoms with Gasteiger partial charge in [-0.05, 0) is 57.2 Å². The molecule has 8 heteroatoms. The highest BCUT2D eigenvalue weighted by molar-refractivity contribution is 5.97. The van der Waals surface area contributed by atoms with Crippen LogP contribution in [0.25, 0.3) is 0 Å². The molecule has 0 radical (unpaired) electrons. The first-order chi connectivity index (χ1) is 14.2. The molecule has 0 spiro atoms. The lowest BCUT2D eigenvalue weighted by molar-refractivity contribution is -0.120. The summed E-state index contributed by atoms with van der Waals surface area (Å²) in [6, 6.07) is 15.5. The first-order valence-corrected chi connectivity index (χ1v) is 9.77. The molecule has 0 bridgehead atoms. The number of likely N-dealkylation sites (tertiary alicyclic amines) is 1. The SMILES string of the molecule is CC(C)(C)OC(=O)N1C[C@H](O)C[C@H]1C(=O)Nc1ccc(N=Nc2ccccc2)cc1. The van der Waals surface area contributed by atoms with E-state index in [-0.39, 0.29) is 18.9 Å². The number of β-amino-alcohol motifs (C(OH)–C–C–N with tert-alkyl or cyclic N) is 1. The lowest BCUT2D eigenvalue weighted by Gasteiger charge is -2.27. The molecule has 0 aromatic heterocycles. The van der Waals surface area contributed by atoms with Crippen molar-refractivity contribution in [2.24, 2.45) is 10.2 Å². The molecule has 30 heavy (non-hydrogen) atoms. The number of rotatable bonds is 4. The van der Waals surface area contributed by atoms with Crippen LogP contribution < -0.4 is 5.32 Å². The van der Waals surface area contributed by atoms with Gasteiger partial charge in [-0.1, -0.05) is 18.2 Å². The number of nitrogens with zero attached hydrogens (tertiary/aromatic N) is 3. The summed E-state index contributed by atoms with van der Waals surface area (Å²) in [4.78, 5) is 26.4. The zero-order chi connectivity index (χ0) is 21.7. The van der Waals surface area contributed by atoms with E-state index in [1.54, 1.807) is 45.0 Å². The molecule has 2 amide bonds. The summed E-state index contributed by atoms with van der Waals surface area (Å²) in [7, 11) is 0. The maximum absolute atomic E-state index is 12.7. The second-order valence-corrected chi connectivity index (χ2v) is 8.11. The Balaban J connectivity index is 1.63. The van der Waals surface area contributed by atoms with E-state index in [0.717, 1.165) is 5.69 Å². The Labute approximate surface area is 175 Å². The van der Waals surface area contributed by atoms with Crippen LogP contribution in [0.1, 0.15) is 27.2 Å². The summed E-state index contributed by atoms with van der Waals surface area (Å²) >= 11 is 0. The topological polar surface area (TPSA) is 104 Å². The number of hydrogen-bond acceptors (Lipinski definition) is 6. The molecule has 0 unspecified atom stereocenters. The molecule has 2 atom stereocenters. The molecule has 3 rings (SSSR count). The molecule has 0 saturated carbocycles. The summed E-state index contributed by atoms with van der Waals surface area (Å²) < 4.78 is 5.35. The standard InChI is InChI=1S/C22H26N4O4/c1-22(2,3)30-21(29)26-14-18(27)13-19(26)20(28)23-15-9-11-17(12-10-15)25-24-16-7-5-4-6-8-16/h4-12,18-19,27H,13-14H2,1-3H3,(H,23,28)/t18-,19+/m1/s1. The minimum Gasteiger partial charge on any atom is -0.444 e. The van der Waals surface area contributed by atoms with E-state index in [0.29, 0.717) is 11.4 Å². The number of ether oxygens (including phenoxy) is 1. The van der Waals surface area contributed by atoms with E-state index < -0.39 is 23.8 Å². The van der Waals surface area contributed by atoms with Crippen molar-refractivity contribution in [2.45, 2.75) is 44.9 Å². The van der Waals surface area contributed by atoms with Gasteiger partial charge in [-0.3, -0.25) is 9.69 Å². The van der Waals surface area contributed by atoms with Crippen molar-refractivity contribution in [1.29, 1.82) is 0 Å². The average Bonchev–Trinajstić information content (AvgIpc) is 3.09. The molecule has 2 N–H and O–H groups in total. The van der Waals surface area contributed by atoms with Gasteiger partial charge in [0.05, 0.1) is 24.0 Å². The number of hydrogen-bond donors (Lipinski definition) is 2. The first-order valence-electron chi connectivity index (χ1n) is 9.77. The van der Waals surface area contributed by atoms with Crippen LogP contribution in [-0.4, -0.2) is 46.3 Å². The van der Waals surface area contributed by atoms with Crippen molar-refractivity contribution in [3.8, 4) is 0 Å². The molecule has 0 aliphatic carbocycles. The lowest BCUT2D eigenvalue weighted by atomic mass is 10.1. The quantitative estimate of drug-likeness (QED) is 0.729. The highest BCUT2D eigenvalue weighted by Gasteiger charge is 2.40. The van der Waals surface area contributed by atoms with E-state index in [4.69, 9.17) is 4.74 Å². The fraction of sp³-hybridized carbons (Fsp3) is 0.364. The van der Waals surface area contributed by atoms with Crippen molar-refractivity contribution < 1.29 is 19.4 Å². The number of aliphatic hydroxyl groups is 1. The second-order valence-electron chi connectivity index (χ2n) is 8.11. The summed E-state index contributed by atoms with van der Waals surface area (Å²) in [6.07, 6.45) is -1.22. The Morgan fingerprint density at radius 1 is 1.03 bits per heavy atom.